The van der Waals surface area contributed by atoms with Crippen LogP contribution in [0.25, 0.3) is 11.1 Å². The minimum atomic E-state index is -0.177. The number of halogens is 2. The minimum Gasteiger partial charge on any atom is -0.506 e. The molecule has 1 aromatic heterocycles. The fourth-order valence-corrected chi connectivity index (χ4v) is 1.94. The number of pyridine rings is 1. The summed E-state index contributed by atoms with van der Waals surface area (Å²) in [5.74, 6) is -0.177. The summed E-state index contributed by atoms with van der Waals surface area (Å²) in [6.45, 7) is 0. The highest BCUT2D eigenvalue weighted by Gasteiger charge is 2.08. The maximum atomic E-state index is 10.5. The molecule has 1 aromatic carbocycles. The Balaban J connectivity index is 2.53. The van der Waals surface area contributed by atoms with E-state index in [1.165, 1.54) is 12.3 Å². The van der Waals surface area contributed by atoms with Crippen LogP contribution < -0.4 is 0 Å². The van der Waals surface area contributed by atoms with E-state index in [2.05, 4.69) is 4.98 Å². The predicted octanol–water partition coefficient (Wildman–Crippen LogP) is 3.57. The zero-order chi connectivity index (χ0) is 12.4. The Hall–Kier alpha value is -1.58. The molecule has 0 unspecified atom stereocenters. The average molecular weight is 268 g/mol. The number of carbonyl (C=O) groups excluding carboxylic acids is 1. The molecular weight excluding hydrogens is 261 g/mol. The lowest BCUT2D eigenvalue weighted by Crippen LogP contribution is -1.89. The Morgan fingerprint density at radius 1 is 1.24 bits per heavy atom. The SMILES string of the molecule is O=Cc1ncc(-c2ccc(Cl)cc2Cl)cc1O. The van der Waals surface area contributed by atoms with Crippen LogP contribution in [0.5, 0.6) is 5.75 Å². The third-order valence-corrected chi connectivity index (χ3v) is 2.80. The van der Waals surface area contributed by atoms with Crippen molar-refractivity contribution in [1.82, 2.24) is 4.98 Å². The molecule has 0 amide bonds. The van der Waals surface area contributed by atoms with E-state index in [1.54, 1.807) is 18.2 Å². The summed E-state index contributed by atoms with van der Waals surface area (Å²) in [5.41, 5.74) is 1.31. The molecule has 1 N–H and O–H groups in total. The van der Waals surface area contributed by atoms with Crippen molar-refractivity contribution in [1.29, 1.82) is 0 Å². The normalized spacial score (nSPS) is 10.2. The van der Waals surface area contributed by atoms with Gasteiger partial charge in [-0.2, -0.15) is 0 Å². The lowest BCUT2D eigenvalue weighted by atomic mass is 10.1. The zero-order valence-corrected chi connectivity index (χ0v) is 10.0. The Morgan fingerprint density at radius 2 is 2.00 bits per heavy atom. The second kappa shape index (κ2) is 4.73. The second-order valence-electron chi connectivity index (χ2n) is 3.37. The highest BCUT2D eigenvalue weighted by Crippen LogP contribution is 2.31. The van der Waals surface area contributed by atoms with E-state index in [-0.39, 0.29) is 11.4 Å². The van der Waals surface area contributed by atoms with Crippen molar-refractivity contribution >= 4 is 29.5 Å². The van der Waals surface area contributed by atoms with Gasteiger partial charge < -0.3 is 5.11 Å². The van der Waals surface area contributed by atoms with Crippen LogP contribution in [0.2, 0.25) is 10.0 Å². The lowest BCUT2D eigenvalue weighted by Gasteiger charge is -2.05. The Bertz CT molecular complexity index is 585. The van der Waals surface area contributed by atoms with Gasteiger partial charge in [0.05, 0.1) is 0 Å². The number of aromatic hydroxyl groups is 1. The lowest BCUT2D eigenvalue weighted by molar-refractivity contribution is 0.111. The second-order valence-corrected chi connectivity index (χ2v) is 4.21. The maximum Gasteiger partial charge on any atom is 0.172 e. The first-order valence-electron chi connectivity index (χ1n) is 4.71. The Kier molecular flexibility index (Phi) is 3.31. The molecule has 0 aliphatic carbocycles. The van der Waals surface area contributed by atoms with Gasteiger partial charge in [0, 0.05) is 27.4 Å². The zero-order valence-electron chi connectivity index (χ0n) is 8.52. The molecule has 1 heterocycles. The van der Waals surface area contributed by atoms with Gasteiger partial charge in [-0.3, -0.25) is 4.79 Å². The van der Waals surface area contributed by atoms with Crippen LogP contribution in [-0.2, 0) is 0 Å². The summed E-state index contributed by atoms with van der Waals surface area (Å²) in [6.07, 6.45) is 1.96. The number of rotatable bonds is 2. The van der Waals surface area contributed by atoms with Crippen molar-refractivity contribution in [3.63, 3.8) is 0 Å². The predicted molar refractivity (Wildman–Crippen MR) is 66.7 cm³/mol. The summed E-state index contributed by atoms with van der Waals surface area (Å²) >= 11 is 11.8. The summed E-state index contributed by atoms with van der Waals surface area (Å²) in [7, 11) is 0. The van der Waals surface area contributed by atoms with Crippen LogP contribution in [0.4, 0.5) is 0 Å². The molecule has 0 spiro atoms. The standard InChI is InChI=1S/C12H7Cl2NO2/c13-8-1-2-9(10(14)4-8)7-3-12(17)11(6-16)15-5-7/h1-6,17H. The molecule has 0 atom stereocenters. The van der Waals surface area contributed by atoms with Gasteiger partial charge in [0.15, 0.2) is 6.29 Å². The van der Waals surface area contributed by atoms with Gasteiger partial charge >= 0.3 is 0 Å². The van der Waals surface area contributed by atoms with Crippen molar-refractivity contribution in [2.24, 2.45) is 0 Å². The van der Waals surface area contributed by atoms with Crippen LogP contribution in [-0.4, -0.2) is 16.4 Å². The first-order valence-corrected chi connectivity index (χ1v) is 5.47. The Morgan fingerprint density at radius 3 is 2.59 bits per heavy atom. The third kappa shape index (κ3) is 2.40. The molecule has 0 saturated heterocycles. The van der Waals surface area contributed by atoms with Gasteiger partial charge in [-0.15, -0.1) is 0 Å². The Labute approximate surface area is 108 Å². The number of nitrogens with zero attached hydrogens (tertiary/aromatic N) is 1. The van der Waals surface area contributed by atoms with Gasteiger partial charge in [0.2, 0.25) is 0 Å². The van der Waals surface area contributed by atoms with Gasteiger partial charge in [0.25, 0.3) is 0 Å². The summed E-state index contributed by atoms with van der Waals surface area (Å²) in [5, 5.41) is 10.5. The number of hydrogen-bond acceptors (Lipinski definition) is 3. The van der Waals surface area contributed by atoms with Crippen molar-refractivity contribution in [3.8, 4) is 16.9 Å². The van der Waals surface area contributed by atoms with Crippen molar-refractivity contribution in [3.05, 3.63) is 46.2 Å². The van der Waals surface area contributed by atoms with Crippen molar-refractivity contribution < 1.29 is 9.90 Å². The number of hydrogen-bond donors (Lipinski definition) is 1. The van der Waals surface area contributed by atoms with Crippen LogP contribution in [0.3, 0.4) is 0 Å². The molecule has 0 aliphatic rings. The van der Waals surface area contributed by atoms with E-state index >= 15 is 0 Å². The number of aldehydes is 1. The van der Waals surface area contributed by atoms with Crippen LogP contribution in [0, 0.1) is 0 Å². The molecule has 0 aliphatic heterocycles. The van der Waals surface area contributed by atoms with Gasteiger partial charge in [-0.1, -0.05) is 29.3 Å². The molecule has 0 bridgehead atoms. The van der Waals surface area contributed by atoms with E-state index in [1.807, 2.05) is 0 Å². The summed E-state index contributed by atoms with van der Waals surface area (Å²) in [4.78, 5) is 14.3. The quantitative estimate of drug-likeness (QED) is 0.847. The molecule has 2 aromatic rings. The van der Waals surface area contributed by atoms with Crippen LogP contribution in [0.15, 0.2) is 30.5 Å². The van der Waals surface area contributed by atoms with E-state index < -0.39 is 0 Å². The number of carbonyl (C=O) groups is 1. The highest BCUT2D eigenvalue weighted by molar-refractivity contribution is 6.36. The molecule has 0 saturated carbocycles. The third-order valence-electron chi connectivity index (χ3n) is 2.25. The monoisotopic (exact) mass is 267 g/mol. The number of benzene rings is 1. The highest BCUT2D eigenvalue weighted by atomic mass is 35.5. The van der Waals surface area contributed by atoms with E-state index in [4.69, 9.17) is 23.2 Å². The average Bonchev–Trinajstić information content (AvgIpc) is 2.29. The molecule has 0 radical (unpaired) electrons. The van der Waals surface area contributed by atoms with E-state index in [0.29, 0.717) is 27.5 Å². The molecule has 2 rings (SSSR count). The van der Waals surface area contributed by atoms with Gasteiger partial charge in [-0.25, -0.2) is 4.98 Å². The molecule has 5 heteroatoms. The fraction of sp³-hybridized carbons (Fsp3) is 0. The van der Waals surface area contributed by atoms with Gasteiger partial charge in [0.1, 0.15) is 11.4 Å². The fourth-order valence-electron chi connectivity index (χ4n) is 1.43. The molecule has 3 nitrogen and oxygen atoms in total. The first-order chi connectivity index (χ1) is 8.11. The van der Waals surface area contributed by atoms with Crippen molar-refractivity contribution in [2.45, 2.75) is 0 Å². The molecule has 0 fully saturated rings. The summed E-state index contributed by atoms with van der Waals surface area (Å²) in [6, 6.07) is 6.45. The van der Waals surface area contributed by atoms with Crippen LogP contribution >= 0.6 is 23.2 Å². The largest absolute Gasteiger partial charge is 0.506 e. The molecular formula is C12H7Cl2NO2. The van der Waals surface area contributed by atoms with Crippen molar-refractivity contribution in [2.75, 3.05) is 0 Å². The maximum absolute atomic E-state index is 10.5. The van der Waals surface area contributed by atoms with E-state index in [0.717, 1.165) is 0 Å². The topological polar surface area (TPSA) is 50.2 Å². The smallest absolute Gasteiger partial charge is 0.172 e. The van der Waals surface area contributed by atoms with E-state index in [9.17, 15) is 9.90 Å². The number of aromatic nitrogens is 1. The summed E-state index contributed by atoms with van der Waals surface area (Å²) < 4.78 is 0. The molecule has 86 valence electrons. The minimum absolute atomic E-state index is 0.00108. The molecule has 17 heavy (non-hydrogen) atoms. The van der Waals surface area contributed by atoms with Gasteiger partial charge in [-0.05, 0) is 18.2 Å². The van der Waals surface area contributed by atoms with Crippen LogP contribution in [0.1, 0.15) is 10.5 Å². The first kappa shape index (κ1) is 11.9.